The fraction of sp³-hybridized carbons (Fsp3) is 0.867. The van der Waals surface area contributed by atoms with Gasteiger partial charge in [-0.1, -0.05) is 13.8 Å². The van der Waals surface area contributed by atoms with E-state index in [1.165, 1.54) is 0 Å². The second-order valence-electron chi connectivity index (χ2n) is 5.77. The summed E-state index contributed by atoms with van der Waals surface area (Å²) >= 11 is 0. The van der Waals surface area contributed by atoms with E-state index in [1.807, 2.05) is 41.5 Å². The number of nitrogens with one attached hydrogen (secondary N) is 1. The predicted molar refractivity (Wildman–Crippen MR) is 80.5 cm³/mol. The molecule has 0 aliphatic rings. The first-order valence-electron chi connectivity index (χ1n) is 7.49. The largest absolute Gasteiger partial charge is 0.460 e. The minimum atomic E-state index is -0.478. The zero-order valence-electron chi connectivity index (χ0n) is 13.8. The number of ether oxygens (including phenoxy) is 1. The van der Waals surface area contributed by atoms with Crippen molar-refractivity contribution in [3.8, 4) is 0 Å². The summed E-state index contributed by atoms with van der Waals surface area (Å²) in [5.74, 6) is -0.208. The summed E-state index contributed by atoms with van der Waals surface area (Å²) in [5.41, 5.74) is -0.478. The second-order valence-corrected chi connectivity index (χ2v) is 5.77. The van der Waals surface area contributed by atoms with Crippen LogP contribution in [0.1, 0.15) is 54.4 Å². The Morgan fingerprint density at radius 3 is 2.20 bits per heavy atom. The van der Waals surface area contributed by atoms with Gasteiger partial charge in [0.05, 0.1) is 12.5 Å². The van der Waals surface area contributed by atoms with Gasteiger partial charge in [0.15, 0.2) is 0 Å². The van der Waals surface area contributed by atoms with Gasteiger partial charge in [-0.25, -0.2) is 0 Å². The number of esters is 1. The molecule has 0 aliphatic carbocycles. The molecule has 0 bridgehead atoms. The van der Waals surface area contributed by atoms with Gasteiger partial charge in [-0.2, -0.15) is 0 Å². The van der Waals surface area contributed by atoms with Gasteiger partial charge in [-0.15, -0.1) is 0 Å². The highest BCUT2D eigenvalue weighted by Crippen LogP contribution is 2.09. The average Bonchev–Trinajstić information content (AvgIpc) is 2.34. The van der Waals surface area contributed by atoms with Crippen molar-refractivity contribution < 1.29 is 14.3 Å². The molecule has 1 amide bonds. The van der Waals surface area contributed by atoms with E-state index in [-0.39, 0.29) is 24.3 Å². The fourth-order valence-electron chi connectivity index (χ4n) is 1.92. The van der Waals surface area contributed by atoms with Gasteiger partial charge in [-0.3, -0.25) is 9.59 Å². The van der Waals surface area contributed by atoms with Crippen molar-refractivity contribution >= 4 is 11.9 Å². The Hall–Kier alpha value is -1.10. The lowest BCUT2D eigenvalue weighted by Gasteiger charge is -2.26. The van der Waals surface area contributed by atoms with Crippen molar-refractivity contribution in [2.45, 2.75) is 66.0 Å². The quantitative estimate of drug-likeness (QED) is 0.693. The number of hydrogen-bond donors (Lipinski definition) is 1. The lowest BCUT2D eigenvalue weighted by atomic mass is 10.2. The molecule has 118 valence electrons. The number of likely N-dealkylation sites (N-methyl/N-ethyl adjacent to an activating group) is 2. The second kappa shape index (κ2) is 8.95. The molecule has 0 aliphatic heterocycles. The Labute approximate surface area is 123 Å². The molecule has 0 aromatic heterocycles. The Bertz CT molecular complexity index is 311. The van der Waals surface area contributed by atoms with Gasteiger partial charge in [0.25, 0.3) is 0 Å². The zero-order valence-corrected chi connectivity index (χ0v) is 13.8. The summed E-state index contributed by atoms with van der Waals surface area (Å²) in [4.78, 5) is 25.7. The van der Waals surface area contributed by atoms with Crippen LogP contribution in [0.25, 0.3) is 0 Å². The van der Waals surface area contributed by atoms with E-state index in [0.717, 1.165) is 13.0 Å². The number of hydrogen-bond acceptors (Lipinski definition) is 4. The molecule has 1 atom stereocenters. The lowest BCUT2D eigenvalue weighted by molar-refractivity contribution is -0.155. The van der Waals surface area contributed by atoms with E-state index in [9.17, 15) is 9.59 Å². The van der Waals surface area contributed by atoms with E-state index in [0.29, 0.717) is 13.1 Å². The number of amides is 1. The molecule has 0 saturated heterocycles. The van der Waals surface area contributed by atoms with Crippen molar-refractivity contribution in [2.75, 3.05) is 19.6 Å². The molecule has 20 heavy (non-hydrogen) atoms. The molecule has 0 fully saturated rings. The summed E-state index contributed by atoms with van der Waals surface area (Å²) < 4.78 is 5.25. The van der Waals surface area contributed by atoms with Gasteiger partial charge in [-0.05, 0) is 40.7 Å². The maximum Gasteiger partial charge on any atom is 0.308 e. The van der Waals surface area contributed by atoms with Crippen LogP contribution in [0, 0.1) is 0 Å². The maximum absolute atomic E-state index is 12.3. The first-order valence-corrected chi connectivity index (χ1v) is 7.49. The van der Waals surface area contributed by atoms with Gasteiger partial charge in [0.1, 0.15) is 5.60 Å². The molecule has 0 unspecified atom stereocenters. The smallest absolute Gasteiger partial charge is 0.308 e. The van der Waals surface area contributed by atoms with Crippen LogP contribution in [-0.4, -0.2) is 48.1 Å². The molecule has 1 N–H and O–H groups in total. The van der Waals surface area contributed by atoms with Crippen molar-refractivity contribution in [3.05, 3.63) is 0 Å². The Morgan fingerprint density at radius 1 is 1.20 bits per heavy atom. The van der Waals surface area contributed by atoms with Gasteiger partial charge in [0, 0.05) is 13.1 Å². The van der Waals surface area contributed by atoms with Crippen LogP contribution in [0.15, 0.2) is 0 Å². The third-order valence-electron chi connectivity index (χ3n) is 2.86. The van der Waals surface area contributed by atoms with Gasteiger partial charge >= 0.3 is 5.97 Å². The van der Waals surface area contributed by atoms with Gasteiger partial charge in [0.2, 0.25) is 5.91 Å². The lowest BCUT2D eigenvalue weighted by Crippen LogP contribution is -2.46. The highest BCUT2D eigenvalue weighted by molar-refractivity contribution is 5.82. The third kappa shape index (κ3) is 7.48. The average molecular weight is 286 g/mol. The van der Waals surface area contributed by atoms with Crippen LogP contribution in [0.4, 0.5) is 0 Å². The van der Waals surface area contributed by atoms with Crippen LogP contribution < -0.4 is 5.32 Å². The third-order valence-corrected chi connectivity index (χ3v) is 2.86. The normalized spacial score (nSPS) is 12.9. The molecule has 5 nitrogen and oxygen atoms in total. The molecule has 0 aromatic carbocycles. The molecular formula is C15H30N2O3. The monoisotopic (exact) mass is 286 g/mol. The summed E-state index contributed by atoms with van der Waals surface area (Å²) in [6.45, 7) is 13.2. The van der Waals surface area contributed by atoms with E-state index in [2.05, 4.69) is 5.32 Å². The summed E-state index contributed by atoms with van der Waals surface area (Å²) in [6.07, 6.45) is 0.981. The first-order chi connectivity index (χ1) is 9.25. The highest BCUT2D eigenvalue weighted by Gasteiger charge is 2.22. The molecule has 0 heterocycles. The van der Waals surface area contributed by atoms with E-state index in [1.54, 1.807) is 4.90 Å². The van der Waals surface area contributed by atoms with Crippen molar-refractivity contribution in [3.63, 3.8) is 0 Å². The van der Waals surface area contributed by atoms with Gasteiger partial charge < -0.3 is 15.0 Å². The number of nitrogens with zero attached hydrogens (tertiary/aromatic N) is 1. The SMILES string of the molecule is CCN[C@@H](CC)C(=O)N(CC)CCC(=O)OC(C)(C)C. The van der Waals surface area contributed by atoms with Crippen molar-refractivity contribution in [1.29, 1.82) is 0 Å². The topological polar surface area (TPSA) is 58.6 Å². The van der Waals surface area contributed by atoms with Crippen LogP contribution in [0.5, 0.6) is 0 Å². The molecule has 0 spiro atoms. The van der Waals surface area contributed by atoms with Crippen molar-refractivity contribution in [2.24, 2.45) is 0 Å². The number of rotatable bonds is 8. The molecular weight excluding hydrogens is 256 g/mol. The Balaban J connectivity index is 4.40. The Kier molecular flexibility index (Phi) is 8.46. The van der Waals surface area contributed by atoms with E-state index in [4.69, 9.17) is 4.74 Å². The van der Waals surface area contributed by atoms with Crippen LogP contribution in [0.3, 0.4) is 0 Å². The minimum absolute atomic E-state index is 0.0559. The van der Waals surface area contributed by atoms with E-state index >= 15 is 0 Å². The summed E-state index contributed by atoms with van der Waals surface area (Å²) in [7, 11) is 0. The zero-order chi connectivity index (χ0) is 15.8. The number of carbonyl (C=O) groups excluding carboxylic acids is 2. The summed E-state index contributed by atoms with van der Waals surface area (Å²) in [6, 6.07) is -0.168. The molecule has 0 rings (SSSR count). The minimum Gasteiger partial charge on any atom is -0.460 e. The molecule has 0 aromatic rings. The molecule has 5 heteroatoms. The fourth-order valence-corrected chi connectivity index (χ4v) is 1.92. The molecule has 0 radical (unpaired) electrons. The highest BCUT2D eigenvalue weighted by atomic mass is 16.6. The standard InChI is InChI=1S/C15H30N2O3/c1-7-12(16-8-2)14(19)17(9-3)11-10-13(18)20-15(4,5)6/h12,16H,7-11H2,1-6H3/t12-/m0/s1. The Morgan fingerprint density at radius 2 is 1.80 bits per heavy atom. The summed E-state index contributed by atoms with van der Waals surface area (Å²) in [5, 5.41) is 3.17. The van der Waals surface area contributed by atoms with Crippen molar-refractivity contribution in [1.82, 2.24) is 10.2 Å². The van der Waals surface area contributed by atoms with E-state index < -0.39 is 5.60 Å². The first kappa shape index (κ1) is 18.9. The maximum atomic E-state index is 12.3. The molecule has 0 saturated carbocycles. The van der Waals surface area contributed by atoms with Crippen LogP contribution in [-0.2, 0) is 14.3 Å². The number of carbonyl (C=O) groups is 2. The van der Waals surface area contributed by atoms with Crippen LogP contribution in [0.2, 0.25) is 0 Å². The predicted octanol–water partition coefficient (Wildman–Crippen LogP) is 1.95. The van der Waals surface area contributed by atoms with Crippen LogP contribution >= 0.6 is 0 Å².